The molecular formula is C19H23FN2O. The topological polar surface area (TPSA) is 23.6 Å². The lowest BCUT2D eigenvalue weighted by Crippen LogP contribution is -2.36. The molecule has 0 atom stereocenters. The summed E-state index contributed by atoms with van der Waals surface area (Å²) in [6, 6.07) is 14.5. The van der Waals surface area contributed by atoms with Gasteiger partial charge in [0.05, 0.1) is 0 Å². The molecule has 0 unspecified atom stereocenters. The first kappa shape index (κ1) is 17.2. The second-order valence-electron chi connectivity index (χ2n) is 5.98. The molecule has 23 heavy (non-hydrogen) atoms. The van der Waals surface area contributed by atoms with E-state index in [-0.39, 0.29) is 11.7 Å². The van der Waals surface area contributed by atoms with Crippen molar-refractivity contribution in [3.05, 3.63) is 71.0 Å². The van der Waals surface area contributed by atoms with Gasteiger partial charge in [-0.05, 0) is 44.3 Å². The molecule has 1 amide bonds. The highest BCUT2D eigenvalue weighted by molar-refractivity contribution is 5.94. The summed E-state index contributed by atoms with van der Waals surface area (Å²) in [6.07, 6.45) is 0. The van der Waals surface area contributed by atoms with Crippen molar-refractivity contribution >= 4 is 5.91 Å². The molecule has 0 aliphatic rings. The molecule has 0 radical (unpaired) electrons. The predicted molar refractivity (Wildman–Crippen MR) is 90.9 cm³/mol. The van der Waals surface area contributed by atoms with Crippen LogP contribution in [0.3, 0.4) is 0 Å². The van der Waals surface area contributed by atoms with E-state index in [1.54, 1.807) is 24.0 Å². The quantitative estimate of drug-likeness (QED) is 0.816. The van der Waals surface area contributed by atoms with E-state index in [4.69, 9.17) is 0 Å². The zero-order valence-corrected chi connectivity index (χ0v) is 13.9. The van der Waals surface area contributed by atoms with Gasteiger partial charge in [0.15, 0.2) is 0 Å². The highest BCUT2D eigenvalue weighted by Gasteiger charge is 2.17. The minimum Gasteiger partial charge on any atom is -0.333 e. The summed E-state index contributed by atoms with van der Waals surface area (Å²) in [6.45, 7) is 3.56. The lowest BCUT2D eigenvalue weighted by molar-refractivity contribution is 0.0731. The highest BCUT2D eigenvalue weighted by atomic mass is 19.1. The van der Waals surface area contributed by atoms with Crippen LogP contribution in [0.25, 0.3) is 0 Å². The molecule has 0 aliphatic heterocycles. The van der Waals surface area contributed by atoms with E-state index in [1.165, 1.54) is 6.07 Å². The summed E-state index contributed by atoms with van der Waals surface area (Å²) in [5.41, 5.74) is 2.00. The molecule has 0 heterocycles. The van der Waals surface area contributed by atoms with Crippen molar-refractivity contribution in [3.8, 4) is 0 Å². The Morgan fingerprint density at radius 2 is 1.74 bits per heavy atom. The SMILES string of the molecule is Cc1ccc(C(=O)N(CCN(C)C)Cc2ccccc2)cc1F. The maximum absolute atomic E-state index is 13.8. The van der Waals surface area contributed by atoms with Crippen LogP contribution in [0, 0.1) is 12.7 Å². The van der Waals surface area contributed by atoms with Gasteiger partial charge in [-0.1, -0.05) is 36.4 Å². The van der Waals surface area contributed by atoms with Gasteiger partial charge < -0.3 is 9.80 Å². The molecule has 4 heteroatoms. The monoisotopic (exact) mass is 314 g/mol. The third-order valence-electron chi connectivity index (χ3n) is 3.74. The molecule has 0 fully saturated rings. The van der Waals surface area contributed by atoms with Crippen molar-refractivity contribution < 1.29 is 9.18 Å². The van der Waals surface area contributed by atoms with Gasteiger partial charge in [-0.2, -0.15) is 0 Å². The number of hydrogen-bond donors (Lipinski definition) is 0. The van der Waals surface area contributed by atoms with Crippen LogP contribution < -0.4 is 0 Å². The largest absolute Gasteiger partial charge is 0.333 e. The summed E-state index contributed by atoms with van der Waals surface area (Å²) in [7, 11) is 3.94. The third-order valence-corrected chi connectivity index (χ3v) is 3.74. The zero-order chi connectivity index (χ0) is 16.8. The van der Waals surface area contributed by atoms with Crippen molar-refractivity contribution in [2.24, 2.45) is 0 Å². The Kier molecular flexibility index (Phi) is 5.88. The molecule has 2 aromatic carbocycles. The molecule has 0 aromatic heterocycles. The van der Waals surface area contributed by atoms with Gasteiger partial charge in [-0.25, -0.2) is 4.39 Å². The van der Waals surface area contributed by atoms with Gasteiger partial charge in [-0.3, -0.25) is 4.79 Å². The lowest BCUT2D eigenvalue weighted by atomic mass is 10.1. The maximum Gasteiger partial charge on any atom is 0.254 e. The fraction of sp³-hybridized carbons (Fsp3) is 0.316. The maximum atomic E-state index is 13.8. The van der Waals surface area contributed by atoms with Crippen molar-refractivity contribution in [1.82, 2.24) is 9.80 Å². The normalized spacial score (nSPS) is 10.8. The Bertz CT molecular complexity index is 656. The van der Waals surface area contributed by atoms with Crippen LogP contribution in [-0.2, 0) is 6.54 Å². The van der Waals surface area contributed by atoms with Gasteiger partial charge in [-0.15, -0.1) is 0 Å². The first-order valence-corrected chi connectivity index (χ1v) is 7.71. The molecular weight excluding hydrogens is 291 g/mol. The van der Waals surface area contributed by atoms with E-state index < -0.39 is 0 Å². The van der Waals surface area contributed by atoms with E-state index in [0.29, 0.717) is 24.2 Å². The van der Waals surface area contributed by atoms with Crippen LogP contribution in [0.4, 0.5) is 4.39 Å². The summed E-state index contributed by atoms with van der Waals surface area (Å²) in [4.78, 5) is 16.6. The molecule has 0 saturated heterocycles. The Morgan fingerprint density at radius 1 is 1.04 bits per heavy atom. The number of benzene rings is 2. The van der Waals surface area contributed by atoms with Crippen LogP contribution >= 0.6 is 0 Å². The smallest absolute Gasteiger partial charge is 0.254 e. The molecule has 2 aromatic rings. The molecule has 3 nitrogen and oxygen atoms in total. The number of halogens is 1. The Morgan fingerprint density at radius 3 is 2.35 bits per heavy atom. The van der Waals surface area contributed by atoms with Crippen molar-refractivity contribution in [3.63, 3.8) is 0 Å². The Balaban J connectivity index is 2.20. The number of carbonyl (C=O) groups is 1. The fourth-order valence-corrected chi connectivity index (χ4v) is 2.29. The molecule has 0 aliphatic carbocycles. The van der Waals surface area contributed by atoms with Gasteiger partial charge in [0.1, 0.15) is 5.82 Å². The summed E-state index contributed by atoms with van der Waals surface area (Å²) >= 11 is 0. The lowest BCUT2D eigenvalue weighted by Gasteiger charge is -2.25. The van der Waals surface area contributed by atoms with Gasteiger partial charge in [0, 0.05) is 25.2 Å². The minimum atomic E-state index is -0.344. The van der Waals surface area contributed by atoms with E-state index in [1.807, 2.05) is 49.3 Å². The molecule has 0 spiro atoms. The first-order chi connectivity index (χ1) is 11.0. The third kappa shape index (κ3) is 4.89. The molecule has 122 valence electrons. The summed E-state index contributed by atoms with van der Waals surface area (Å²) in [5, 5.41) is 0. The number of carbonyl (C=O) groups excluding carboxylic acids is 1. The van der Waals surface area contributed by atoms with Crippen molar-refractivity contribution in [2.45, 2.75) is 13.5 Å². The van der Waals surface area contributed by atoms with Crippen LogP contribution in [0.1, 0.15) is 21.5 Å². The van der Waals surface area contributed by atoms with Gasteiger partial charge in [0.2, 0.25) is 0 Å². The molecule has 0 bridgehead atoms. The van der Waals surface area contributed by atoms with E-state index in [0.717, 1.165) is 12.1 Å². The molecule has 0 saturated carbocycles. The average Bonchev–Trinajstić information content (AvgIpc) is 2.54. The molecule has 2 rings (SSSR count). The number of rotatable bonds is 6. The Hall–Kier alpha value is -2.20. The van der Waals surface area contributed by atoms with E-state index in [9.17, 15) is 9.18 Å². The highest BCUT2D eigenvalue weighted by Crippen LogP contribution is 2.14. The van der Waals surface area contributed by atoms with Crippen molar-refractivity contribution in [2.75, 3.05) is 27.2 Å². The second-order valence-corrected chi connectivity index (χ2v) is 5.98. The number of aryl methyl sites for hydroxylation is 1. The van der Waals surface area contributed by atoms with Crippen LogP contribution in [0.5, 0.6) is 0 Å². The number of amides is 1. The standard InChI is InChI=1S/C19H23FN2O/c1-15-9-10-17(13-18(15)20)19(23)22(12-11-21(2)3)14-16-7-5-4-6-8-16/h4-10,13H,11-12,14H2,1-3H3. The summed E-state index contributed by atoms with van der Waals surface area (Å²) in [5.74, 6) is -0.488. The van der Waals surface area contributed by atoms with Crippen molar-refractivity contribution in [1.29, 1.82) is 0 Å². The first-order valence-electron chi connectivity index (χ1n) is 7.71. The Labute approximate surface area is 137 Å². The summed E-state index contributed by atoms with van der Waals surface area (Å²) < 4.78 is 13.8. The second kappa shape index (κ2) is 7.88. The van der Waals surface area contributed by atoms with E-state index >= 15 is 0 Å². The number of likely N-dealkylation sites (N-methyl/N-ethyl adjacent to an activating group) is 1. The number of nitrogens with zero attached hydrogens (tertiary/aromatic N) is 2. The number of hydrogen-bond acceptors (Lipinski definition) is 2. The van der Waals surface area contributed by atoms with Crippen LogP contribution in [0.2, 0.25) is 0 Å². The minimum absolute atomic E-state index is 0.144. The zero-order valence-electron chi connectivity index (χ0n) is 13.9. The van der Waals surface area contributed by atoms with Gasteiger partial charge in [0.25, 0.3) is 5.91 Å². The average molecular weight is 314 g/mol. The fourth-order valence-electron chi connectivity index (χ4n) is 2.29. The predicted octanol–water partition coefficient (Wildman–Crippen LogP) is 3.34. The van der Waals surface area contributed by atoms with Crippen LogP contribution in [-0.4, -0.2) is 42.9 Å². The van der Waals surface area contributed by atoms with Crippen LogP contribution in [0.15, 0.2) is 48.5 Å². The van der Waals surface area contributed by atoms with E-state index in [2.05, 4.69) is 0 Å². The molecule has 0 N–H and O–H groups in total. The van der Waals surface area contributed by atoms with Gasteiger partial charge >= 0.3 is 0 Å².